The number of amides is 1. The minimum atomic E-state index is -0.998. The van der Waals surface area contributed by atoms with Gasteiger partial charge in [0.05, 0.1) is 11.6 Å². The van der Waals surface area contributed by atoms with E-state index in [1.165, 1.54) is 24.3 Å². The molecule has 0 aliphatic heterocycles. The van der Waals surface area contributed by atoms with Crippen LogP contribution in [0.3, 0.4) is 0 Å². The van der Waals surface area contributed by atoms with Crippen molar-refractivity contribution in [3.8, 4) is 0 Å². The minimum absolute atomic E-state index is 0.126. The molecule has 0 saturated heterocycles. The van der Waals surface area contributed by atoms with E-state index in [1.807, 2.05) is 0 Å². The van der Waals surface area contributed by atoms with Crippen LogP contribution in [-0.2, 0) is 0 Å². The number of nitrogens with one attached hydrogen (secondary N) is 1. The van der Waals surface area contributed by atoms with Gasteiger partial charge >= 0.3 is 0 Å². The standard InChI is InChI=1S/C15H11BrF3NO/c1-8(9-2-4-13(18)14(19)6-9)20-15(21)11-7-10(16)3-5-12(11)17/h2-8H,1H3,(H,20,21)/t8-/m0/s1. The summed E-state index contributed by atoms with van der Waals surface area (Å²) in [5, 5.41) is 2.54. The summed E-state index contributed by atoms with van der Waals surface area (Å²) in [5.74, 6) is -3.25. The Balaban J connectivity index is 2.18. The van der Waals surface area contributed by atoms with Crippen LogP contribution in [0.4, 0.5) is 13.2 Å². The second-order valence-electron chi connectivity index (χ2n) is 4.49. The molecule has 21 heavy (non-hydrogen) atoms. The number of hydrogen-bond donors (Lipinski definition) is 1. The van der Waals surface area contributed by atoms with Crippen LogP contribution in [0.25, 0.3) is 0 Å². The zero-order valence-corrected chi connectivity index (χ0v) is 12.5. The molecule has 1 N–H and O–H groups in total. The second kappa shape index (κ2) is 6.30. The van der Waals surface area contributed by atoms with Crippen LogP contribution < -0.4 is 5.32 Å². The Hall–Kier alpha value is -1.82. The highest BCUT2D eigenvalue weighted by molar-refractivity contribution is 9.10. The van der Waals surface area contributed by atoms with Crippen LogP contribution in [0.1, 0.15) is 28.9 Å². The predicted octanol–water partition coefficient (Wildman–Crippen LogP) is 4.36. The van der Waals surface area contributed by atoms with Crippen LogP contribution in [0, 0.1) is 17.5 Å². The summed E-state index contributed by atoms with van der Waals surface area (Å²) >= 11 is 3.16. The molecule has 2 aromatic carbocycles. The lowest BCUT2D eigenvalue weighted by Gasteiger charge is -2.15. The predicted molar refractivity (Wildman–Crippen MR) is 76.3 cm³/mol. The fourth-order valence-corrected chi connectivity index (χ4v) is 2.17. The zero-order valence-electron chi connectivity index (χ0n) is 11.0. The highest BCUT2D eigenvalue weighted by Gasteiger charge is 2.16. The molecule has 110 valence electrons. The summed E-state index contributed by atoms with van der Waals surface area (Å²) in [6, 6.07) is 6.74. The van der Waals surface area contributed by atoms with Gasteiger partial charge in [0.2, 0.25) is 0 Å². The Labute approximate surface area is 128 Å². The van der Waals surface area contributed by atoms with Crippen LogP contribution in [0.15, 0.2) is 40.9 Å². The molecule has 0 radical (unpaired) electrons. The van der Waals surface area contributed by atoms with E-state index in [2.05, 4.69) is 21.2 Å². The van der Waals surface area contributed by atoms with Gasteiger partial charge in [-0.1, -0.05) is 22.0 Å². The summed E-state index contributed by atoms with van der Waals surface area (Å²) < 4.78 is 40.2. The lowest BCUT2D eigenvalue weighted by molar-refractivity contribution is 0.0935. The molecule has 0 fully saturated rings. The highest BCUT2D eigenvalue weighted by Crippen LogP contribution is 2.19. The molecule has 0 saturated carbocycles. The molecule has 0 aliphatic rings. The van der Waals surface area contributed by atoms with E-state index in [1.54, 1.807) is 6.92 Å². The van der Waals surface area contributed by atoms with Crippen molar-refractivity contribution in [2.45, 2.75) is 13.0 Å². The summed E-state index contributed by atoms with van der Waals surface area (Å²) in [6.07, 6.45) is 0. The van der Waals surface area contributed by atoms with Gasteiger partial charge < -0.3 is 5.32 Å². The normalized spacial score (nSPS) is 12.0. The average molecular weight is 358 g/mol. The molecule has 6 heteroatoms. The van der Waals surface area contributed by atoms with Gasteiger partial charge in [0, 0.05) is 4.47 Å². The Morgan fingerprint density at radius 2 is 1.71 bits per heavy atom. The molecule has 0 spiro atoms. The monoisotopic (exact) mass is 357 g/mol. The summed E-state index contributed by atoms with van der Waals surface area (Å²) in [5.41, 5.74) is 0.261. The summed E-state index contributed by atoms with van der Waals surface area (Å²) in [6.45, 7) is 1.60. The maximum absolute atomic E-state index is 13.6. The van der Waals surface area contributed by atoms with E-state index in [4.69, 9.17) is 0 Å². The van der Waals surface area contributed by atoms with Crippen LogP contribution in [0.5, 0.6) is 0 Å². The Kier molecular flexibility index (Phi) is 4.67. The average Bonchev–Trinajstić information content (AvgIpc) is 2.44. The van der Waals surface area contributed by atoms with E-state index >= 15 is 0 Å². The van der Waals surface area contributed by atoms with Gasteiger partial charge in [0.25, 0.3) is 5.91 Å². The van der Waals surface area contributed by atoms with Crippen molar-refractivity contribution in [2.24, 2.45) is 0 Å². The SMILES string of the molecule is C[C@H](NC(=O)c1cc(Br)ccc1F)c1ccc(F)c(F)c1. The fourth-order valence-electron chi connectivity index (χ4n) is 1.81. The molecule has 0 aliphatic carbocycles. The number of halogens is 4. The Morgan fingerprint density at radius 1 is 1.05 bits per heavy atom. The number of carbonyl (C=O) groups is 1. The molecular formula is C15H11BrF3NO. The molecule has 0 heterocycles. The van der Waals surface area contributed by atoms with Gasteiger partial charge in [0.15, 0.2) is 11.6 Å². The third-order valence-corrected chi connectivity index (χ3v) is 3.46. The van der Waals surface area contributed by atoms with Gasteiger partial charge in [-0.05, 0) is 42.8 Å². The molecule has 0 bridgehead atoms. The second-order valence-corrected chi connectivity index (χ2v) is 5.41. The van der Waals surface area contributed by atoms with Gasteiger partial charge in [-0.3, -0.25) is 4.79 Å². The first-order valence-corrected chi connectivity index (χ1v) is 6.88. The van der Waals surface area contributed by atoms with Crippen molar-refractivity contribution in [2.75, 3.05) is 0 Å². The van der Waals surface area contributed by atoms with Crippen molar-refractivity contribution in [1.82, 2.24) is 5.32 Å². The summed E-state index contributed by atoms with van der Waals surface area (Å²) in [7, 11) is 0. The number of benzene rings is 2. The molecule has 2 aromatic rings. The van der Waals surface area contributed by atoms with E-state index < -0.39 is 29.4 Å². The van der Waals surface area contributed by atoms with Crippen LogP contribution >= 0.6 is 15.9 Å². The van der Waals surface area contributed by atoms with Crippen molar-refractivity contribution < 1.29 is 18.0 Å². The number of carbonyl (C=O) groups excluding carboxylic acids is 1. The van der Waals surface area contributed by atoms with Gasteiger partial charge in [-0.15, -0.1) is 0 Å². The van der Waals surface area contributed by atoms with Crippen molar-refractivity contribution in [3.05, 3.63) is 69.4 Å². The molecule has 0 unspecified atom stereocenters. The first kappa shape index (κ1) is 15.6. The molecule has 1 amide bonds. The molecular weight excluding hydrogens is 347 g/mol. The first-order chi connectivity index (χ1) is 9.88. The quantitative estimate of drug-likeness (QED) is 0.868. The number of hydrogen-bond acceptors (Lipinski definition) is 1. The number of rotatable bonds is 3. The lowest BCUT2D eigenvalue weighted by Crippen LogP contribution is -2.27. The third-order valence-electron chi connectivity index (χ3n) is 2.96. The van der Waals surface area contributed by atoms with E-state index in [-0.39, 0.29) is 5.56 Å². The maximum atomic E-state index is 13.6. The zero-order chi connectivity index (χ0) is 15.6. The summed E-state index contributed by atoms with van der Waals surface area (Å²) in [4.78, 5) is 12.0. The first-order valence-electron chi connectivity index (χ1n) is 6.09. The van der Waals surface area contributed by atoms with E-state index in [9.17, 15) is 18.0 Å². The van der Waals surface area contributed by atoms with Crippen molar-refractivity contribution >= 4 is 21.8 Å². The van der Waals surface area contributed by atoms with E-state index in [0.717, 1.165) is 12.1 Å². The molecule has 0 aromatic heterocycles. The van der Waals surface area contributed by atoms with Crippen LogP contribution in [-0.4, -0.2) is 5.91 Å². The largest absolute Gasteiger partial charge is 0.345 e. The smallest absolute Gasteiger partial charge is 0.254 e. The molecule has 1 atom stereocenters. The highest BCUT2D eigenvalue weighted by atomic mass is 79.9. The van der Waals surface area contributed by atoms with Crippen LogP contribution in [0.2, 0.25) is 0 Å². The molecule has 2 rings (SSSR count). The Bertz CT molecular complexity index is 691. The minimum Gasteiger partial charge on any atom is -0.345 e. The third kappa shape index (κ3) is 3.64. The van der Waals surface area contributed by atoms with Gasteiger partial charge in [-0.25, -0.2) is 13.2 Å². The van der Waals surface area contributed by atoms with E-state index in [0.29, 0.717) is 10.0 Å². The Morgan fingerprint density at radius 3 is 2.38 bits per heavy atom. The van der Waals surface area contributed by atoms with Crippen molar-refractivity contribution in [3.63, 3.8) is 0 Å². The van der Waals surface area contributed by atoms with Gasteiger partial charge in [-0.2, -0.15) is 0 Å². The topological polar surface area (TPSA) is 29.1 Å². The lowest BCUT2D eigenvalue weighted by atomic mass is 10.1. The molecule has 2 nitrogen and oxygen atoms in total. The fraction of sp³-hybridized carbons (Fsp3) is 0.133. The maximum Gasteiger partial charge on any atom is 0.254 e. The van der Waals surface area contributed by atoms with Gasteiger partial charge in [0.1, 0.15) is 5.82 Å². The van der Waals surface area contributed by atoms with Crippen molar-refractivity contribution in [1.29, 1.82) is 0 Å².